The van der Waals surface area contributed by atoms with Crippen LogP contribution in [0.2, 0.25) is 0 Å². The van der Waals surface area contributed by atoms with Gasteiger partial charge in [0.1, 0.15) is 17.7 Å². The summed E-state index contributed by atoms with van der Waals surface area (Å²) in [5.41, 5.74) is 1.04. The number of hydrogen-bond donors (Lipinski definition) is 2. The van der Waals surface area contributed by atoms with Crippen LogP contribution in [0.25, 0.3) is 0 Å². The number of rotatable bonds is 11. The van der Waals surface area contributed by atoms with Gasteiger partial charge in [-0.15, -0.1) is 0 Å². The summed E-state index contributed by atoms with van der Waals surface area (Å²) in [6.07, 6.45) is 0.131. The van der Waals surface area contributed by atoms with Gasteiger partial charge in [0, 0.05) is 18.5 Å². The van der Waals surface area contributed by atoms with Crippen LogP contribution in [0, 0.1) is 0 Å². The molecule has 0 bridgehead atoms. The molecule has 3 rings (SSSR count). The van der Waals surface area contributed by atoms with E-state index >= 15 is 0 Å². The fourth-order valence-electron chi connectivity index (χ4n) is 4.55. The molecule has 2 unspecified atom stereocenters. The van der Waals surface area contributed by atoms with Crippen molar-refractivity contribution in [3.63, 3.8) is 0 Å². The molecule has 0 aliphatic rings. The smallest absolute Gasteiger partial charge is 0.408 e. The SMILES string of the molecule is CCC(C)(C)N(C(=O)C(Cc1ccccc1)NC(=O)OC(C)(C)C)C(C(=O)NCc1ccccc1)c1ccccc1. The zero-order chi connectivity index (χ0) is 30.0. The Morgan fingerprint density at radius 3 is 1.80 bits per heavy atom. The molecule has 3 amide bonds. The van der Waals surface area contributed by atoms with Gasteiger partial charge in [-0.25, -0.2) is 4.79 Å². The van der Waals surface area contributed by atoms with Gasteiger partial charge in [0.15, 0.2) is 0 Å². The Kier molecular flexibility index (Phi) is 10.7. The first-order valence-electron chi connectivity index (χ1n) is 14.1. The summed E-state index contributed by atoms with van der Waals surface area (Å²) in [5.74, 6) is -0.666. The van der Waals surface area contributed by atoms with E-state index in [1.165, 1.54) is 0 Å². The van der Waals surface area contributed by atoms with E-state index in [1.54, 1.807) is 25.7 Å². The molecule has 3 aromatic rings. The molecule has 0 aliphatic carbocycles. The lowest BCUT2D eigenvalue weighted by atomic mass is 9.91. The van der Waals surface area contributed by atoms with Gasteiger partial charge in [0.25, 0.3) is 0 Å². The summed E-state index contributed by atoms with van der Waals surface area (Å²) in [6, 6.07) is 26.5. The third-order valence-electron chi connectivity index (χ3n) is 6.96. The number of carbonyl (C=O) groups excluding carboxylic acids is 3. The van der Waals surface area contributed by atoms with Gasteiger partial charge in [-0.3, -0.25) is 9.59 Å². The number of hydrogen-bond acceptors (Lipinski definition) is 4. The summed E-state index contributed by atoms with van der Waals surface area (Å²) in [5, 5.41) is 5.86. The summed E-state index contributed by atoms with van der Waals surface area (Å²) >= 11 is 0. The highest BCUT2D eigenvalue weighted by Gasteiger charge is 2.43. The van der Waals surface area contributed by atoms with Crippen molar-refractivity contribution >= 4 is 17.9 Å². The largest absolute Gasteiger partial charge is 0.444 e. The second-order valence-electron chi connectivity index (χ2n) is 11.8. The Hall–Kier alpha value is -4.13. The molecule has 7 nitrogen and oxygen atoms in total. The van der Waals surface area contributed by atoms with Crippen molar-refractivity contribution in [2.24, 2.45) is 0 Å². The zero-order valence-corrected chi connectivity index (χ0v) is 25.0. The van der Waals surface area contributed by atoms with Crippen molar-refractivity contribution in [1.82, 2.24) is 15.5 Å². The lowest BCUT2D eigenvalue weighted by Gasteiger charge is -2.44. The van der Waals surface area contributed by atoms with E-state index < -0.39 is 29.3 Å². The Bertz CT molecular complexity index is 1270. The molecule has 3 aromatic carbocycles. The molecular formula is C34H43N3O4. The first kappa shape index (κ1) is 31.4. The van der Waals surface area contributed by atoms with Gasteiger partial charge < -0.3 is 20.3 Å². The second kappa shape index (κ2) is 14.0. The molecule has 0 heterocycles. The number of alkyl carbamates (subject to hydrolysis) is 1. The van der Waals surface area contributed by atoms with Crippen LogP contribution in [0.15, 0.2) is 91.0 Å². The highest BCUT2D eigenvalue weighted by Crippen LogP contribution is 2.32. The van der Waals surface area contributed by atoms with Crippen molar-refractivity contribution in [2.75, 3.05) is 0 Å². The molecule has 0 saturated heterocycles. The quantitative estimate of drug-likeness (QED) is 0.294. The monoisotopic (exact) mass is 557 g/mol. The third kappa shape index (κ3) is 9.20. The second-order valence-corrected chi connectivity index (χ2v) is 11.8. The van der Waals surface area contributed by atoms with E-state index in [-0.39, 0.29) is 18.2 Å². The third-order valence-corrected chi connectivity index (χ3v) is 6.96. The Morgan fingerprint density at radius 2 is 1.29 bits per heavy atom. The van der Waals surface area contributed by atoms with Crippen molar-refractivity contribution in [3.8, 4) is 0 Å². The van der Waals surface area contributed by atoms with Gasteiger partial charge in [-0.05, 0) is 57.7 Å². The van der Waals surface area contributed by atoms with Crippen molar-refractivity contribution in [2.45, 2.75) is 84.2 Å². The minimum absolute atomic E-state index is 0.238. The number of nitrogens with one attached hydrogen (secondary N) is 2. The maximum atomic E-state index is 14.6. The van der Waals surface area contributed by atoms with Crippen LogP contribution < -0.4 is 10.6 Å². The van der Waals surface area contributed by atoms with E-state index in [4.69, 9.17) is 4.74 Å². The highest BCUT2D eigenvalue weighted by atomic mass is 16.6. The maximum Gasteiger partial charge on any atom is 0.408 e. The first-order valence-corrected chi connectivity index (χ1v) is 14.1. The lowest BCUT2D eigenvalue weighted by Crippen LogP contribution is -2.59. The van der Waals surface area contributed by atoms with E-state index in [0.29, 0.717) is 18.5 Å². The van der Waals surface area contributed by atoms with Crippen LogP contribution in [0.1, 0.15) is 70.7 Å². The Balaban J connectivity index is 2.05. The molecule has 0 radical (unpaired) electrons. The number of benzene rings is 3. The summed E-state index contributed by atoms with van der Waals surface area (Å²) < 4.78 is 5.53. The van der Waals surface area contributed by atoms with Gasteiger partial charge >= 0.3 is 6.09 Å². The molecule has 7 heteroatoms. The van der Waals surface area contributed by atoms with Crippen molar-refractivity contribution in [1.29, 1.82) is 0 Å². The van der Waals surface area contributed by atoms with E-state index in [0.717, 1.165) is 11.1 Å². The topological polar surface area (TPSA) is 87.7 Å². The normalized spacial score (nSPS) is 13.0. The predicted molar refractivity (Wildman–Crippen MR) is 162 cm³/mol. The highest BCUT2D eigenvalue weighted by molar-refractivity contribution is 5.92. The van der Waals surface area contributed by atoms with Crippen molar-refractivity contribution < 1.29 is 19.1 Å². The first-order chi connectivity index (χ1) is 19.4. The van der Waals surface area contributed by atoms with Crippen LogP contribution in [0.4, 0.5) is 4.79 Å². The van der Waals surface area contributed by atoms with E-state index in [2.05, 4.69) is 10.6 Å². The van der Waals surface area contributed by atoms with E-state index in [1.807, 2.05) is 112 Å². The van der Waals surface area contributed by atoms with Gasteiger partial charge in [0.2, 0.25) is 11.8 Å². The molecule has 0 saturated carbocycles. The standard InChI is InChI=1S/C34H43N3O4/c1-7-34(5,6)37(29(27-21-15-10-16-22-27)30(38)35-24-26-19-13-9-14-20-26)31(39)28(23-25-17-11-8-12-18-25)36-32(40)41-33(2,3)4/h8-22,28-29H,7,23-24H2,1-6H3,(H,35,38)(H,36,40). The molecule has 41 heavy (non-hydrogen) atoms. The number of nitrogens with zero attached hydrogens (tertiary/aromatic N) is 1. The van der Waals surface area contributed by atoms with Gasteiger partial charge in [-0.1, -0.05) is 97.9 Å². The fourth-order valence-corrected chi connectivity index (χ4v) is 4.55. The van der Waals surface area contributed by atoms with E-state index in [9.17, 15) is 14.4 Å². The van der Waals surface area contributed by atoms with Crippen LogP contribution in [-0.2, 0) is 27.3 Å². The van der Waals surface area contributed by atoms with Crippen LogP contribution in [0.5, 0.6) is 0 Å². The lowest BCUT2D eigenvalue weighted by molar-refractivity contribution is -0.149. The molecule has 218 valence electrons. The molecule has 2 N–H and O–H groups in total. The Morgan fingerprint density at radius 1 is 0.780 bits per heavy atom. The Labute approximate surface area is 244 Å². The number of carbonyl (C=O) groups is 3. The molecule has 2 atom stereocenters. The maximum absolute atomic E-state index is 14.6. The number of amides is 3. The van der Waals surface area contributed by atoms with Crippen molar-refractivity contribution in [3.05, 3.63) is 108 Å². The summed E-state index contributed by atoms with van der Waals surface area (Å²) in [6.45, 7) is 11.5. The molecular weight excluding hydrogens is 514 g/mol. The van der Waals surface area contributed by atoms with Crippen LogP contribution in [0.3, 0.4) is 0 Å². The molecule has 0 aromatic heterocycles. The number of ether oxygens (including phenoxy) is 1. The average molecular weight is 558 g/mol. The summed E-state index contributed by atoms with van der Waals surface area (Å²) in [7, 11) is 0. The summed E-state index contributed by atoms with van der Waals surface area (Å²) in [4.78, 5) is 43.2. The molecule has 0 spiro atoms. The minimum Gasteiger partial charge on any atom is -0.444 e. The predicted octanol–water partition coefficient (Wildman–Crippen LogP) is 6.20. The minimum atomic E-state index is -0.966. The van der Waals surface area contributed by atoms with Crippen LogP contribution >= 0.6 is 0 Å². The average Bonchev–Trinajstić information content (AvgIpc) is 2.94. The molecule has 0 aliphatic heterocycles. The zero-order valence-electron chi connectivity index (χ0n) is 25.0. The molecule has 0 fully saturated rings. The van der Waals surface area contributed by atoms with Gasteiger partial charge in [-0.2, -0.15) is 0 Å². The fraction of sp³-hybridized carbons (Fsp3) is 0.382. The van der Waals surface area contributed by atoms with Gasteiger partial charge in [0.05, 0.1) is 0 Å². The van der Waals surface area contributed by atoms with Crippen LogP contribution in [-0.4, -0.2) is 40.0 Å².